The molecule has 0 saturated carbocycles. The molecule has 2 aromatic rings. The van der Waals surface area contributed by atoms with Crippen LogP contribution in [0.4, 0.5) is 0 Å². The standard InChI is InChI=1S/C20H28N2O/c1-4-14-22-17-12-8-7-10-15(17)19-16(11-9-13-18(19)22)20(23)21(5-2)6-3/h7-8,10,12,16H,4-6,9,11,13-14H2,1-3H3. The second kappa shape index (κ2) is 6.77. The van der Waals surface area contributed by atoms with Gasteiger partial charge in [0.05, 0.1) is 5.92 Å². The first-order chi connectivity index (χ1) is 11.2. The van der Waals surface area contributed by atoms with E-state index in [1.165, 1.54) is 22.2 Å². The molecule has 0 bridgehead atoms. The molecule has 1 unspecified atom stereocenters. The predicted octanol–water partition coefficient (Wildman–Crippen LogP) is 4.34. The number of amides is 1. The monoisotopic (exact) mass is 312 g/mol. The van der Waals surface area contributed by atoms with Crippen LogP contribution in [-0.4, -0.2) is 28.5 Å². The lowest BCUT2D eigenvalue weighted by atomic mass is 9.84. The molecular formula is C20H28N2O. The normalized spacial score (nSPS) is 17.3. The van der Waals surface area contributed by atoms with Crippen molar-refractivity contribution in [3.63, 3.8) is 0 Å². The van der Waals surface area contributed by atoms with E-state index in [1.54, 1.807) is 0 Å². The van der Waals surface area contributed by atoms with Crippen molar-refractivity contribution in [1.82, 2.24) is 9.47 Å². The number of rotatable bonds is 5. The smallest absolute Gasteiger partial charge is 0.230 e. The van der Waals surface area contributed by atoms with Crippen molar-refractivity contribution in [2.24, 2.45) is 0 Å². The molecule has 0 spiro atoms. The summed E-state index contributed by atoms with van der Waals surface area (Å²) in [7, 11) is 0. The number of carbonyl (C=O) groups excluding carboxylic acids is 1. The Morgan fingerprint density at radius 3 is 2.65 bits per heavy atom. The first-order valence-corrected chi connectivity index (χ1v) is 9.11. The molecule has 1 atom stereocenters. The molecule has 3 heteroatoms. The molecule has 0 fully saturated rings. The number of aromatic nitrogens is 1. The van der Waals surface area contributed by atoms with Gasteiger partial charge >= 0.3 is 0 Å². The molecule has 1 aliphatic rings. The number of para-hydroxylation sites is 1. The molecule has 0 radical (unpaired) electrons. The number of fused-ring (bicyclic) bond motifs is 3. The van der Waals surface area contributed by atoms with Crippen LogP contribution in [0.1, 0.15) is 57.2 Å². The number of nitrogens with zero attached hydrogens (tertiary/aromatic N) is 2. The average molecular weight is 312 g/mol. The molecule has 1 aliphatic carbocycles. The fraction of sp³-hybridized carbons (Fsp3) is 0.550. The Hall–Kier alpha value is -1.77. The van der Waals surface area contributed by atoms with E-state index < -0.39 is 0 Å². The summed E-state index contributed by atoms with van der Waals surface area (Å²) < 4.78 is 2.46. The third-order valence-electron chi connectivity index (χ3n) is 5.20. The molecule has 0 aliphatic heterocycles. The summed E-state index contributed by atoms with van der Waals surface area (Å²) in [5, 5.41) is 1.29. The number of likely N-dealkylation sites (N-methyl/N-ethyl adjacent to an activating group) is 1. The second-order valence-electron chi connectivity index (χ2n) is 6.48. The minimum absolute atomic E-state index is 0.0432. The van der Waals surface area contributed by atoms with E-state index in [9.17, 15) is 4.79 Å². The van der Waals surface area contributed by atoms with Crippen molar-refractivity contribution in [2.45, 2.75) is 58.9 Å². The summed E-state index contributed by atoms with van der Waals surface area (Å²) in [5.41, 5.74) is 4.03. The van der Waals surface area contributed by atoms with Crippen LogP contribution in [0.3, 0.4) is 0 Å². The Bertz CT molecular complexity index is 697. The number of hydrogen-bond acceptors (Lipinski definition) is 1. The zero-order valence-corrected chi connectivity index (χ0v) is 14.6. The summed E-state index contributed by atoms with van der Waals surface area (Å²) in [6, 6.07) is 8.63. The highest BCUT2D eigenvalue weighted by atomic mass is 16.2. The van der Waals surface area contributed by atoms with Gasteiger partial charge in [0.25, 0.3) is 0 Å². The van der Waals surface area contributed by atoms with Gasteiger partial charge in [-0.05, 0) is 51.2 Å². The summed E-state index contributed by atoms with van der Waals surface area (Å²) in [6.45, 7) is 9.02. The first-order valence-electron chi connectivity index (χ1n) is 9.11. The Balaban J connectivity index is 2.14. The Labute approximate surface area is 139 Å². The van der Waals surface area contributed by atoms with Gasteiger partial charge in [0.2, 0.25) is 5.91 Å². The number of aryl methyl sites for hydroxylation is 1. The summed E-state index contributed by atoms with van der Waals surface area (Å²) >= 11 is 0. The molecule has 0 N–H and O–H groups in total. The van der Waals surface area contributed by atoms with E-state index in [0.29, 0.717) is 5.91 Å². The van der Waals surface area contributed by atoms with E-state index in [1.807, 2.05) is 4.90 Å². The summed E-state index contributed by atoms with van der Waals surface area (Å²) in [6.07, 6.45) is 4.33. The average Bonchev–Trinajstić information content (AvgIpc) is 2.91. The van der Waals surface area contributed by atoms with Crippen LogP contribution >= 0.6 is 0 Å². The van der Waals surface area contributed by atoms with Crippen LogP contribution in [0, 0.1) is 0 Å². The van der Waals surface area contributed by atoms with Crippen LogP contribution in [0.2, 0.25) is 0 Å². The Morgan fingerprint density at radius 1 is 1.22 bits per heavy atom. The topological polar surface area (TPSA) is 25.2 Å². The molecule has 3 nitrogen and oxygen atoms in total. The molecular weight excluding hydrogens is 284 g/mol. The number of benzene rings is 1. The van der Waals surface area contributed by atoms with Crippen molar-refractivity contribution in [1.29, 1.82) is 0 Å². The summed E-state index contributed by atoms with van der Waals surface area (Å²) in [4.78, 5) is 15.0. The molecule has 3 rings (SSSR count). The van der Waals surface area contributed by atoms with E-state index in [-0.39, 0.29) is 5.92 Å². The maximum atomic E-state index is 13.1. The van der Waals surface area contributed by atoms with E-state index in [2.05, 4.69) is 49.6 Å². The third-order valence-corrected chi connectivity index (χ3v) is 5.20. The van der Waals surface area contributed by atoms with Gasteiger partial charge in [0.1, 0.15) is 0 Å². The van der Waals surface area contributed by atoms with Crippen molar-refractivity contribution >= 4 is 16.8 Å². The second-order valence-corrected chi connectivity index (χ2v) is 6.48. The molecule has 1 aromatic carbocycles. The van der Waals surface area contributed by atoms with Gasteiger partial charge in [-0.15, -0.1) is 0 Å². The zero-order valence-electron chi connectivity index (χ0n) is 14.6. The highest BCUT2D eigenvalue weighted by Crippen LogP contribution is 2.40. The quantitative estimate of drug-likeness (QED) is 0.806. The maximum Gasteiger partial charge on any atom is 0.230 e. The van der Waals surface area contributed by atoms with Crippen molar-refractivity contribution in [3.8, 4) is 0 Å². The van der Waals surface area contributed by atoms with Crippen molar-refractivity contribution < 1.29 is 4.79 Å². The molecule has 23 heavy (non-hydrogen) atoms. The fourth-order valence-corrected chi connectivity index (χ4v) is 4.14. The zero-order chi connectivity index (χ0) is 16.4. The SMILES string of the molecule is CCCn1c2c(c3ccccc31)C(C(=O)N(CC)CC)CCC2. The largest absolute Gasteiger partial charge is 0.344 e. The van der Waals surface area contributed by atoms with E-state index in [0.717, 1.165) is 45.3 Å². The molecule has 124 valence electrons. The molecule has 1 aromatic heterocycles. The van der Waals surface area contributed by atoms with Crippen LogP contribution in [-0.2, 0) is 17.8 Å². The highest BCUT2D eigenvalue weighted by Gasteiger charge is 2.33. The highest BCUT2D eigenvalue weighted by molar-refractivity contribution is 5.94. The van der Waals surface area contributed by atoms with Crippen LogP contribution in [0.25, 0.3) is 10.9 Å². The lowest BCUT2D eigenvalue weighted by molar-refractivity contribution is -0.132. The summed E-state index contributed by atoms with van der Waals surface area (Å²) in [5.74, 6) is 0.358. The predicted molar refractivity (Wildman–Crippen MR) is 95.8 cm³/mol. The minimum atomic E-state index is 0.0432. The van der Waals surface area contributed by atoms with Gasteiger partial charge in [-0.3, -0.25) is 4.79 Å². The van der Waals surface area contributed by atoms with Gasteiger partial charge in [-0.1, -0.05) is 25.1 Å². The Morgan fingerprint density at radius 2 is 1.96 bits per heavy atom. The van der Waals surface area contributed by atoms with E-state index >= 15 is 0 Å². The van der Waals surface area contributed by atoms with Crippen LogP contribution in [0.15, 0.2) is 24.3 Å². The maximum absolute atomic E-state index is 13.1. The van der Waals surface area contributed by atoms with Gasteiger partial charge in [0.15, 0.2) is 0 Å². The first kappa shape index (κ1) is 16.1. The fourth-order valence-electron chi connectivity index (χ4n) is 4.14. The van der Waals surface area contributed by atoms with Gasteiger partial charge < -0.3 is 9.47 Å². The van der Waals surface area contributed by atoms with E-state index in [4.69, 9.17) is 0 Å². The molecule has 1 heterocycles. The van der Waals surface area contributed by atoms with Crippen molar-refractivity contribution in [3.05, 3.63) is 35.5 Å². The lowest BCUT2D eigenvalue weighted by Crippen LogP contribution is -2.36. The molecule has 0 saturated heterocycles. The van der Waals surface area contributed by atoms with Gasteiger partial charge in [-0.2, -0.15) is 0 Å². The third kappa shape index (κ3) is 2.66. The van der Waals surface area contributed by atoms with Gasteiger partial charge in [-0.25, -0.2) is 0 Å². The Kier molecular flexibility index (Phi) is 4.74. The minimum Gasteiger partial charge on any atom is -0.344 e. The number of hydrogen-bond donors (Lipinski definition) is 0. The van der Waals surface area contributed by atoms with Crippen LogP contribution < -0.4 is 0 Å². The lowest BCUT2D eigenvalue weighted by Gasteiger charge is -2.29. The van der Waals surface area contributed by atoms with Gasteiger partial charge in [0, 0.05) is 36.2 Å². The van der Waals surface area contributed by atoms with Crippen molar-refractivity contribution in [2.75, 3.05) is 13.1 Å². The van der Waals surface area contributed by atoms with Crippen LogP contribution in [0.5, 0.6) is 0 Å². The number of carbonyl (C=O) groups is 1. The molecule has 1 amide bonds.